The second-order valence-electron chi connectivity index (χ2n) is 3.28. The molecule has 0 radical (unpaired) electrons. The van der Waals surface area contributed by atoms with Crippen LogP contribution in [0.2, 0.25) is 0 Å². The van der Waals surface area contributed by atoms with Crippen molar-refractivity contribution in [2.75, 3.05) is 0 Å². The molecule has 13 heavy (non-hydrogen) atoms. The molecule has 0 aromatic heterocycles. The van der Waals surface area contributed by atoms with Gasteiger partial charge in [0.2, 0.25) is 0 Å². The zero-order valence-electron chi connectivity index (χ0n) is 8.54. The summed E-state index contributed by atoms with van der Waals surface area (Å²) in [6.07, 6.45) is 4.24. The third kappa shape index (κ3) is 2.59. The first-order valence-electron chi connectivity index (χ1n) is 4.61. The lowest BCUT2D eigenvalue weighted by molar-refractivity contribution is 1.39. The molecule has 0 atom stereocenters. The highest BCUT2D eigenvalue weighted by Gasteiger charge is 1.97. The molecule has 0 spiro atoms. The minimum absolute atomic E-state index is 1.29. The zero-order valence-corrected chi connectivity index (χ0v) is 8.54. The smallest absolute Gasteiger partial charge is 0.0185 e. The van der Waals surface area contributed by atoms with Crippen LogP contribution in [0.5, 0.6) is 0 Å². The third-order valence-corrected chi connectivity index (χ3v) is 1.96. The van der Waals surface area contributed by atoms with Gasteiger partial charge in [-0.3, -0.25) is 0 Å². The first kappa shape index (κ1) is 9.79. The summed E-state index contributed by atoms with van der Waals surface area (Å²) in [5.74, 6) is 0. The van der Waals surface area contributed by atoms with Crippen molar-refractivity contribution in [1.82, 2.24) is 0 Å². The van der Waals surface area contributed by atoms with Gasteiger partial charge in [-0.15, -0.1) is 0 Å². The molecule has 1 aromatic carbocycles. The van der Waals surface area contributed by atoms with Crippen LogP contribution < -0.4 is 0 Å². The Hall–Kier alpha value is -1.30. The van der Waals surface area contributed by atoms with Crippen molar-refractivity contribution in [3.63, 3.8) is 0 Å². The van der Waals surface area contributed by atoms with Gasteiger partial charge in [0.1, 0.15) is 0 Å². The quantitative estimate of drug-likeness (QED) is 0.590. The monoisotopic (exact) mass is 172 g/mol. The molecular weight excluding hydrogens is 156 g/mol. The summed E-state index contributed by atoms with van der Waals surface area (Å²) in [5.41, 5.74) is 3.97. The average Bonchev–Trinajstić information content (AvgIpc) is 2.15. The van der Waals surface area contributed by atoms with Crippen LogP contribution in [0.4, 0.5) is 0 Å². The molecular formula is C13H16. The van der Waals surface area contributed by atoms with Crippen LogP contribution in [0.1, 0.15) is 26.3 Å². The van der Waals surface area contributed by atoms with Gasteiger partial charge in [-0.2, -0.15) is 0 Å². The molecule has 0 bridgehead atoms. The molecule has 68 valence electrons. The maximum Gasteiger partial charge on any atom is -0.0185 e. The molecule has 0 saturated heterocycles. The van der Waals surface area contributed by atoms with Gasteiger partial charge in [-0.05, 0) is 31.9 Å². The van der Waals surface area contributed by atoms with Crippen molar-refractivity contribution >= 4 is 5.57 Å². The number of benzene rings is 1. The Morgan fingerprint density at radius 1 is 1.08 bits per heavy atom. The fourth-order valence-electron chi connectivity index (χ4n) is 1.34. The fraction of sp³-hybridized carbons (Fsp3) is 0.231. The second-order valence-corrected chi connectivity index (χ2v) is 3.28. The molecule has 0 saturated carbocycles. The third-order valence-electron chi connectivity index (χ3n) is 1.96. The normalized spacial score (nSPS) is 10.4. The minimum Gasteiger partial charge on any atom is -0.0870 e. The Morgan fingerprint density at radius 3 is 2.15 bits per heavy atom. The number of rotatable bonds is 2. The molecule has 0 aliphatic carbocycles. The SMILES string of the molecule is C/C=C/C(=C(C)C)c1ccccc1. The molecule has 1 rings (SSSR count). The van der Waals surface area contributed by atoms with Crippen LogP contribution in [-0.2, 0) is 0 Å². The molecule has 1 aromatic rings. The highest BCUT2D eigenvalue weighted by Crippen LogP contribution is 2.19. The Labute approximate surface area is 80.6 Å². The summed E-state index contributed by atoms with van der Waals surface area (Å²) in [6.45, 7) is 6.33. The van der Waals surface area contributed by atoms with Crippen LogP contribution in [0.15, 0.2) is 48.1 Å². The van der Waals surface area contributed by atoms with E-state index in [2.05, 4.69) is 50.3 Å². The molecule has 0 aliphatic rings. The minimum atomic E-state index is 1.29. The van der Waals surface area contributed by atoms with Gasteiger partial charge in [0.15, 0.2) is 0 Å². The lowest BCUT2D eigenvalue weighted by atomic mass is 10.0. The van der Waals surface area contributed by atoms with E-state index in [0.29, 0.717) is 0 Å². The van der Waals surface area contributed by atoms with E-state index < -0.39 is 0 Å². The predicted octanol–water partition coefficient (Wildman–Crippen LogP) is 4.06. The van der Waals surface area contributed by atoms with Crippen molar-refractivity contribution in [3.05, 3.63) is 53.6 Å². The zero-order chi connectivity index (χ0) is 9.68. The van der Waals surface area contributed by atoms with E-state index in [9.17, 15) is 0 Å². The van der Waals surface area contributed by atoms with E-state index in [0.717, 1.165) is 0 Å². The Balaban J connectivity index is 3.12. The van der Waals surface area contributed by atoms with E-state index in [1.165, 1.54) is 16.7 Å². The van der Waals surface area contributed by atoms with E-state index in [1.807, 2.05) is 13.0 Å². The largest absolute Gasteiger partial charge is 0.0870 e. The summed E-state index contributed by atoms with van der Waals surface area (Å²) in [4.78, 5) is 0. The van der Waals surface area contributed by atoms with Crippen molar-refractivity contribution in [3.8, 4) is 0 Å². The Morgan fingerprint density at radius 2 is 1.69 bits per heavy atom. The van der Waals surface area contributed by atoms with Gasteiger partial charge in [-0.1, -0.05) is 48.1 Å². The molecule has 0 heteroatoms. The summed E-state index contributed by atoms with van der Waals surface area (Å²) in [6, 6.07) is 10.5. The average molecular weight is 172 g/mol. The van der Waals surface area contributed by atoms with Gasteiger partial charge in [0.25, 0.3) is 0 Å². The first-order chi connectivity index (χ1) is 6.25. The maximum atomic E-state index is 2.16. The topological polar surface area (TPSA) is 0 Å². The summed E-state index contributed by atoms with van der Waals surface area (Å²) >= 11 is 0. The van der Waals surface area contributed by atoms with Gasteiger partial charge in [0, 0.05) is 0 Å². The van der Waals surface area contributed by atoms with Crippen molar-refractivity contribution in [1.29, 1.82) is 0 Å². The lowest BCUT2D eigenvalue weighted by Crippen LogP contribution is -1.82. The van der Waals surface area contributed by atoms with Crippen molar-refractivity contribution in [2.45, 2.75) is 20.8 Å². The highest BCUT2D eigenvalue weighted by atomic mass is 14.0. The van der Waals surface area contributed by atoms with Crippen LogP contribution in [0.3, 0.4) is 0 Å². The van der Waals surface area contributed by atoms with Crippen molar-refractivity contribution < 1.29 is 0 Å². The van der Waals surface area contributed by atoms with E-state index in [4.69, 9.17) is 0 Å². The predicted molar refractivity (Wildman–Crippen MR) is 59.5 cm³/mol. The van der Waals surface area contributed by atoms with Crippen LogP contribution in [0, 0.1) is 0 Å². The molecule has 0 heterocycles. The number of hydrogen-bond acceptors (Lipinski definition) is 0. The molecule has 0 unspecified atom stereocenters. The standard InChI is InChI=1S/C13H16/c1-4-8-13(11(2)3)12-9-6-5-7-10-12/h4-10H,1-3H3/b8-4+. The van der Waals surface area contributed by atoms with E-state index in [-0.39, 0.29) is 0 Å². The number of allylic oxidation sites excluding steroid dienone is 4. The molecule has 0 amide bonds. The highest BCUT2D eigenvalue weighted by molar-refractivity contribution is 5.75. The van der Waals surface area contributed by atoms with E-state index in [1.54, 1.807) is 0 Å². The number of hydrogen-bond donors (Lipinski definition) is 0. The van der Waals surface area contributed by atoms with Gasteiger partial charge in [0.05, 0.1) is 0 Å². The molecule has 0 nitrogen and oxygen atoms in total. The molecule has 0 aliphatic heterocycles. The van der Waals surface area contributed by atoms with E-state index >= 15 is 0 Å². The molecule has 0 N–H and O–H groups in total. The van der Waals surface area contributed by atoms with Crippen molar-refractivity contribution in [2.24, 2.45) is 0 Å². The summed E-state index contributed by atoms with van der Waals surface area (Å²) in [5, 5.41) is 0. The Bertz CT molecular complexity index is 311. The van der Waals surface area contributed by atoms with Gasteiger partial charge < -0.3 is 0 Å². The fourth-order valence-corrected chi connectivity index (χ4v) is 1.34. The summed E-state index contributed by atoms with van der Waals surface area (Å²) < 4.78 is 0. The first-order valence-corrected chi connectivity index (χ1v) is 4.61. The summed E-state index contributed by atoms with van der Waals surface area (Å²) in [7, 11) is 0. The van der Waals surface area contributed by atoms with Crippen LogP contribution in [-0.4, -0.2) is 0 Å². The van der Waals surface area contributed by atoms with Crippen LogP contribution in [0.25, 0.3) is 5.57 Å². The van der Waals surface area contributed by atoms with Gasteiger partial charge >= 0.3 is 0 Å². The maximum absolute atomic E-state index is 2.16. The Kier molecular flexibility index (Phi) is 3.51. The lowest BCUT2D eigenvalue weighted by Gasteiger charge is -2.04. The second kappa shape index (κ2) is 4.66. The van der Waals surface area contributed by atoms with Crippen LogP contribution >= 0.6 is 0 Å². The molecule has 0 fully saturated rings. The van der Waals surface area contributed by atoms with Gasteiger partial charge in [-0.25, -0.2) is 0 Å².